The van der Waals surface area contributed by atoms with E-state index in [1.54, 1.807) is 0 Å². The van der Waals surface area contributed by atoms with E-state index >= 15 is 0 Å². The van der Waals surface area contributed by atoms with Gasteiger partial charge in [-0.3, -0.25) is 4.79 Å². The fraction of sp³-hybridized carbons (Fsp3) is 0.533. The molecule has 1 aromatic carbocycles. The summed E-state index contributed by atoms with van der Waals surface area (Å²) in [5.74, 6) is 0.0915. The second-order valence-electron chi connectivity index (χ2n) is 5.60. The Labute approximate surface area is 109 Å². The topological polar surface area (TPSA) is 55.1 Å². The second kappa shape index (κ2) is 5.11. The lowest BCUT2D eigenvalue weighted by molar-refractivity contribution is -0.119. The molecule has 18 heavy (non-hydrogen) atoms. The maximum atomic E-state index is 12.1. The Bertz CT molecular complexity index is 444. The van der Waals surface area contributed by atoms with Crippen LogP contribution >= 0.6 is 0 Å². The summed E-state index contributed by atoms with van der Waals surface area (Å²) in [5.41, 5.74) is 9.04. The van der Waals surface area contributed by atoms with Gasteiger partial charge in [0.2, 0.25) is 5.91 Å². The van der Waals surface area contributed by atoms with Gasteiger partial charge < -0.3 is 11.1 Å². The van der Waals surface area contributed by atoms with Gasteiger partial charge in [0.25, 0.3) is 0 Å². The number of anilines is 1. The van der Waals surface area contributed by atoms with Gasteiger partial charge in [0.15, 0.2) is 0 Å². The van der Waals surface area contributed by atoms with Crippen LogP contribution < -0.4 is 11.1 Å². The van der Waals surface area contributed by atoms with Gasteiger partial charge in [0.05, 0.1) is 0 Å². The normalized spacial score (nSPS) is 17.1. The average molecular weight is 246 g/mol. The van der Waals surface area contributed by atoms with Crippen molar-refractivity contribution in [2.24, 2.45) is 11.1 Å². The average Bonchev–Trinajstić information content (AvgIpc) is 2.28. The van der Waals surface area contributed by atoms with Crippen LogP contribution in [0.1, 0.15) is 36.8 Å². The second-order valence-corrected chi connectivity index (χ2v) is 5.60. The number of aryl methyl sites for hydroxylation is 2. The molecule has 1 aliphatic carbocycles. The molecule has 0 aliphatic heterocycles. The van der Waals surface area contributed by atoms with Crippen LogP contribution in [0.5, 0.6) is 0 Å². The van der Waals surface area contributed by atoms with Crippen molar-refractivity contribution in [3.8, 4) is 0 Å². The lowest BCUT2D eigenvalue weighted by Crippen LogP contribution is -2.40. The Morgan fingerprint density at radius 1 is 1.39 bits per heavy atom. The minimum Gasteiger partial charge on any atom is -0.330 e. The van der Waals surface area contributed by atoms with Gasteiger partial charge in [-0.15, -0.1) is 0 Å². The molecule has 0 bridgehead atoms. The quantitative estimate of drug-likeness (QED) is 0.858. The zero-order valence-corrected chi connectivity index (χ0v) is 11.3. The molecule has 3 nitrogen and oxygen atoms in total. The van der Waals surface area contributed by atoms with Crippen molar-refractivity contribution in [2.75, 3.05) is 11.9 Å². The third-order valence-electron chi connectivity index (χ3n) is 4.05. The molecule has 98 valence electrons. The van der Waals surface area contributed by atoms with Crippen LogP contribution in [0.15, 0.2) is 18.2 Å². The molecule has 0 heterocycles. The third kappa shape index (κ3) is 2.72. The Morgan fingerprint density at radius 3 is 2.67 bits per heavy atom. The van der Waals surface area contributed by atoms with Crippen LogP contribution in [0, 0.1) is 19.3 Å². The Morgan fingerprint density at radius 2 is 2.11 bits per heavy atom. The van der Waals surface area contributed by atoms with Crippen molar-refractivity contribution in [3.63, 3.8) is 0 Å². The molecule has 1 amide bonds. The first-order chi connectivity index (χ1) is 8.54. The molecule has 0 saturated heterocycles. The molecular formula is C15H22N2O. The lowest BCUT2D eigenvalue weighted by atomic mass is 9.66. The maximum Gasteiger partial charge on any atom is 0.224 e. The number of hydrogen-bond acceptors (Lipinski definition) is 2. The van der Waals surface area contributed by atoms with E-state index in [0.29, 0.717) is 13.0 Å². The number of nitrogens with two attached hydrogens (primary N) is 1. The highest BCUT2D eigenvalue weighted by atomic mass is 16.1. The number of nitrogens with one attached hydrogen (secondary N) is 1. The molecule has 0 atom stereocenters. The number of carbonyl (C=O) groups excluding carboxylic acids is 1. The van der Waals surface area contributed by atoms with Crippen LogP contribution in [-0.2, 0) is 4.79 Å². The molecule has 1 aliphatic rings. The van der Waals surface area contributed by atoms with E-state index in [2.05, 4.69) is 11.4 Å². The van der Waals surface area contributed by atoms with Gasteiger partial charge in [-0.05, 0) is 55.8 Å². The van der Waals surface area contributed by atoms with Crippen LogP contribution in [0.25, 0.3) is 0 Å². The minimum absolute atomic E-state index is 0.0712. The first kappa shape index (κ1) is 13.1. The van der Waals surface area contributed by atoms with Crippen LogP contribution in [0.2, 0.25) is 0 Å². The maximum absolute atomic E-state index is 12.1. The molecule has 3 N–H and O–H groups in total. The summed E-state index contributed by atoms with van der Waals surface area (Å²) in [6, 6.07) is 6.11. The number of carbonyl (C=O) groups is 1. The molecule has 1 aromatic rings. The summed E-state index contributed by atoms with van der Waals surface area (Å²) in [4.78, 5) is 12.1. The number of amides is 1. The Balaban J connectivity index is 2.00. The molecule has 0 spiro atoms. The minimum atomic E-state index is 0.0712. The Kier molecular flexibility index (Phi) is 3.71. The van der Waals surface area contributed by atoms with Gasteiger partial charge in [0, 0.05) is 12.1 Å². The summed E-state index contributed by atoms with van der Waals surface area (Å²) in [6.45, 7) is 4.66. The monoisotopic (exact) mass is 246 g/mol. The van der Waals surface area contributed by atoms with Crippen molar-refractivity contribution >= 4 is 11.6 Å². The summed E-state index contributed by atoms with van der Waals surface area (Å²) < 4.78 is 0. The molecule has 1 fully saturated rings. The molecular weight excluding hydrogens is 224 g/mol. The molecule has 0 unspecified atom stereocenters. The van der Waals surface area contributed by atoms with E-state index in [9.17, 15) is 4.79 Å². The highest BCUT2D eigenvalue weighted by Crippen LogP contribution is 2.43. The smallest absolute Gasteiger partial charge is 0.224 e. The van der Waals surface area contributed by atoms with Gasteiger partial charge >= 0.3 is 0 Å². The molecule has 1 saturated carbocycles. The standard InChI is InChI=1S/C15H22N2O/c1-11-4-5-12(2)13(8-11)17-14(18)9-15(10-16)6-3-7-15/h4-5,8H,3,6-7,9-10,16H2,1-2H3,(H,17,18). The van der Waals surface area contributed by atoms with Gasteiger partial charge in [0.1, 0.15) is 0 Å². The lowest BCUT2D eigenvalue weighted by Gasteiger charge is -2.40. The van der Waals surface area contributed by atoms with E-state index in [1.807, 2.05) is 26.0 Å². The van der Waals surface area contributed by atoms with Gasteiger partial charge in [-0.2, -0.15) is 0 Å². The Hall–Kier alpha value is -1.35. The third-order valence-corrected chi connectivity index (χ3v) is 4.05. The van der Waals surface area contributed by atoms with Crippen molar-refractivity contribution < 1.29 is 4.79 Å². The highest BCUT2D eigenvalue weighted by molar-refractivity contribution is 5.92. The zero-order valence-electron chi connectivity index (χ0n) is 11.3. The largest absolute Gasteiger partial charge is 0.330 e. The van der Waals surface area contributed by atoms with E-state index in [4.69, 9.17) is 5.73 Å². The van der Waals surface area contributed by atoms with Crippen LogP contribution in [0.4, 0.5) is 5.69 Å². The first-order valence-electron chi connectivity index (χ1n) is 6.62. The van der Waals surface area contributed by atoms with Crippen LogP contribution in [-0.4, -0.2) is 12.5 Å². The number of hydrogen-bond donors (Lipinski definition) is 2. The van der Waals surface area contributed by atoms with Crippen molar-refractivity contribution in [3.05, 3.63) is 29.3 Å². The zero-order chi connectivity index (χ0) is 13.2. The fourth-order valence-corrected chi connectivity index (χ4v) is 2.54. The molecule has 0 aromatic heterocycles. The molecule has 2 rings (SSSR count). The molecule has 0 radical (unpaired) electrons. The summed E-state index contributed by atoms with van der Waals surface area (Å²) >= 11 is 0. The van der Waals surface area contributed by atoms with Crippen molar-refractivity contribution in [1.82, 2.24) is 0 Å². The predicted molar refractivity (Wildman–Crippen MR) is 74.5 cm³/mol. The van der Waals surface area contributed by atoms with Crippen molar-refractivity contribution in [1.29, 1.82) is 0 Å². The van der Waals surface area contributed by atoms with E-state index in [0.717, 1.165) is 29.7 Å². The van der Waals surface area contributed by atoms with E-state index < -0.39 is 0 Å². The summed E-state index contributed by atoms with van der Waals surface area (Å²) in [7, 11) is 0. The SMILES string of the molecule is Cc1ccc(C)c(NC(=O)CC2(CN)CCC2)c1. The predicted octanol–water partition coefficient (Wildman–Crippen LogP) is 2.76. The van der Waals surface area contributed by atoms with E-state index in [1.165, 1.54) is 6.42 Å². The first-order valence-corrected chi connectivity index (χ1v) is 6.62. The highest BCUT2D eigenvalue weighted by Gasteiger charge is 2.37. The number of benzene rings is 1. The van der Waals surface area contributed by atoms with E-state index in [-0.39, 0.29) is 11.3 Å². The number of rotatable bonds is 4. The molecule has 3 heteroatoms. The van der Waals surface area contributed by atoms with Gasteiger partial charge in [-0.1, -0.05) is 18.6 Å². The van der Waals surface area contributed by atoms with Crippen LogP contribution in [0.3, 0.4) is 0 Å². The van der Waals surface area contributed by atoms with Crippen molar-refractivity contribution in [2.45, 2.75) is 39.5 Å². The summed E-state index contributed by atoms with van der Waals surface area (Å²) in [6.07, 6.45) is 3.93. The summed E-state index contributed by atoms with van der Waals surface area (Å²) in [5, 5.41) is 3.01. The fourth-order valence-electron chi connectivity index (χ4n) is 2.54. The van der Waals surface area contributed by atoms with Gasteiger partial charge in [-0.25, -0.2) is 0 Å².